The second-order valence-corrected chi connectivity index (χ2v) is 5.88. The first kappa shape index (κ1) is 14.4. The molecule has 0 unspecified atom stereocenters. The van der Waals surface area contributed by atoms with E-state index < -0.39 is 0 Å². The monoisotopic (exact) mass is 313 g/mol. The number of hydrogen-bond acceptors (Lipinski definition) is 5. The first-order chi connectivity index (χ1) is 10.7. The topological polar surface area (TPSA) is 63.2 Å². The molecule has 6 heteroatoms. The Morgan fingerprint density at radius 1 is 1.50 bits per heavy atom. The number of nitrogens with zero attached hydrogens (tertiary/aromatic N) is 1. The maximum Gasteiger partial charge on any atom is 0.226 e. The zero-order chi connectivity index (χ0) is 15.5. The van der Waals surface area contributed by atoms with Gasteiger partial charge in [0.25, 0.3) is 0 Å². The molecule has 0 spiro atoms. The van der Waals surface area contributed by atoms with Gasteiger partial charge in [0.15, 0.2) is 5.13 Å². The van der Waals surface area contributed by atoms with Gasteiger partial charge < -0.3 is 15.4 Å². The number of fused-ring (bicyclic) bond motifs is 1. The summed E-state index contributed by atoms with van der Waals surface area (Å²) in [6, 6.07) is 7.69. The number of nitrogens with one attached hydrogen (secondary N) is 2. The van der Waals surface area contributed by atoms with Crippen molar-refractivity contribution in [3.05, 3.63) is 34.7 Å². The second kappa shape index (κ2) is 6.08. The van der Waals surface area contributed by atoms with Crippen LogP contribution in [0.3, 0.4) is 0 Å². The molecule has 1 aliphatic heterocycles. The Morgan fingerprint density at radius 3 is 2.95 bits per heavy atom. The van der Waals surface area contributed by atoms with Gasteiger partial charge in [0.2, 0.25) is 5.91 Å². The molecule has 2 aromatic rings. The van der Waals surface area contributed by atoms with Crippen LogP contribution in [0.15, 0.2) is 24.3 Å². The highest BCUT2D eigenvalue weighted by Crippen LogP contribution is 2.42. The summed E-state index contributed by atoms with van der Waals surface area (Å²) in [5.41, 5.74) is 1.07. The van der Waals surface area contributed by atoms with Gasteiger partial charge in [-0.2, -0.15) is 0 Å². The zero-order valence-electron chi connectivity index (χ0n) is 12.1. The number of terminal acetylenes is 1. The third-order valence-electron chi connectivity index (χ3n) is 3.44. The number of hydrogen-bond donors (Lipinski definition) is 2. The van der Waals surface area contributed by atoms with Gasteiger partial charge in [-0.25, -0.2) is 4.98 Å². The lowest BCUT2D eigenvalue weighted by Crippen LogP contribution is -2.22. The Morgan fingerprint density at radius 2 is 2.27 bits per heavy atom. The van der Waals surface area contributed by atoms with Crippen molar-refractivity contribution >= 4 is 28.2 Å². The minimum atomic E-state index is -0.0156. The van der Waals surface area contributed by atoms with Crippen molar-refractivity contribution in [2.75, 3.05) is 24.3 Å². The van der Waals surface area contributed by atoms with Gasteiger partial charge in [-0.15, -0.1) is 6.42 Å². The molecular weight excluding hydrogens is 298 g/mol. The van der Waals surface area contributed by atoms with Crippen LogP contribution in [-0.4, -0.2) is 24.5 Å². The van der Waals surface area contributed by atoms with E-state index >= 15 is 0 Å². The lowest BCUT2D eigenvalue weighted by atomic mass is 9.91. The van der Waals surface area contributed by atoms with E-state index in [2.05, 4.69) is 21.5 Å². The van der Waals surface area contributed by atoms with Crippen molar-refractivity contribution in [1.29, 1.82) is 0 Å². The number of ether oxygens (including phenoxy) is 1. The highest BCUT2D eigenvalue weighted by atomic mass is 32.1. The number of benzene rings is 1. The fourth-order valence-corrected chi connectivity index (χ4v) is 3.42. The van der Waals surface area contributed by atoms with E-state index in [0.717, 1.165) is 21.3 Å². The summed E-state index contributed by atoms with van der Waals surface area (Å²) in [5, 5.41) is 6.65. The predicted octanol–water partition coefficient (Wildman–Crippen LogP) is 2.67. The summed E-state index contributed by atoms with van der Waals surface area (Å²) in [6.45, 7) is 0.246. The van der Waals surface area contributed by atoms with Crippen LogP contribution in [0.5, 0.6) is 5.75 Å². The Labute approximate surface area is 132 Å². The molecule has 2 heterocycles. The average Bonchev–Trinajstić information content (AvgIpc) is 2.95. The van der Waals surface area contributed by atoms with Crippen LogP contribution in [0.4, 0.5) is 10.9 Å². The van der Waals surface area contributed by atoms with Crippen molar-refractivity contribution < 1.29 is 9.53 Å². The average molecular weight is 313 g/mol. The lowest BCUT2D eigenvalue weighted by Gasteiger charge is -2.21. The van der Waals surface area contributed by atoms with Gasteiger partial charge in [-0.3, -0.25) is 4.79 Å². The molecule has 0 saturated carbocycles. The molecule has 1 aliphatic rings. The maximum absolute atomic E-state index is 11.9. The number of amides is 1. The van der Waals surface area contributed by atoms with Gasteiger partial charge in [0.1, 0.15) is 18.2 Å². The molecule has 0 saturated heterocycles. The lowest BCUT2D eigenvalue weighted by molar-refractivity contribution is -0.116. The number of rotatable bonds is 4. The van der Waals surface area contributed by atoms with Gasteiger partial charge >= 0.3 is 0 Å². The van der Waals surface area contributed by atoms with E-state index in [0.29, 0.717) is 12.2 Å². The Bertz CT molecular complexity index is 731. The second-order valence-electron chi connectivity index (χ2n) is 4.85. The summed E-state index contributed by atoms with van der Waals surface area (Å²) in [4.78, 5) is 17.4. The molecule has 1 aromatic carbocycles. The summed E-state index contributed by atoms with van der Waals surface area (Å²) >= 11 is 1.56. The normalized spacial score (nSPS) is 16.4. The summed E-state index contributed by atoms with van der Waals surface area (Å²) in [7, 11) is 1.82. The van der Waals surface area contributed by atoms with Crippen molar-refractivity contribution in [2.24, 2.45) is 0 Å². The third kappa shape index (κ3) is 2.76. The number of carbonyl (C=O) groups excluding carboxylic acids is 1. The van der Waals surface area contributed by atoms with E-state index in [1.165, 1.54) is 0 Å². The molecule has 0 fully saturated rings. The highest BCUT2D eigenvalue weighted by molar-refractivity contribution is 7.16. The zero-order valence-corrected chi connectivity index (χ0v) is 12.9. The maximum atomic E-state index is 11.9. The van der Waals surface area contributed by atoms with E-state index in [4.69, 9.17) is 11.2 Å². The van der Waals surface area contributed by atoms with Crippen LogP contribution in [0.2, 0.25) is 0 Å². The van der Waals surface area contributed by atoms with E-state index in [1.54, 1.807) is 11.3 Å². The van der Waals surface area contributed by atoms with Gasteiger partial charge in [-0.1, -0.05) is 29.4 Å². The number of carbonyl (C=O) groups is 1. The smallest absolute Gasteiger partial charge is 0.226 e. The molecule has 0 aliphatic carbocycles. The fourth-order valence-electron chi connectivity index (χ4n) is 2.42. The van der Waals surface area contributed by atoms with Crippen molar-refractivity contribution in [3.63, 3.8) is 0 Å². The molecule has 22 heavy (non-hydrogen) atoms. The van der Waals surface area contributed by atoms with Crippen LogP contribution in [-0.2, 0) is 4.79 Å². The minimum Gasteiger partial charge on any atom is -0.481 e. The molecular formula is C16H15N3O2S. The molecule has 0 bridgehead atoms. The van der Waals surface area contributed by atoms with E-state index in [-0.39, 0.29) is 18.4 Å². The third-order valence-corrected chi connectivity index (χ3v) is 4.62. The standard InChI is InChI=1S/C16H15N3O2S/c1-3-8-21-11-6-4-10(5-7-11)12-9-13(20)18-15-14(12)22-16(17-2)19-15/h1,4-7,12H,8-9H2,2H3,(H,17,19)(H,18,20)/t12-/m1/s1. The first-order valence-corrected chi connectivity index (χ1v) is 7.67. The van der Waals surface area contributed by atoms with Crippen LogP contribution in [0.1, 0.15) is 22.8 Å². The summed E-state index contributed by atoms with van der Waals surface area (Å²) in [6.07, 6.45) is 5.60. The molecule has 0 radical (unpaired) electrons. The first-order valence-electron chi connectivity index (χ1n) is 6.86. The minimum absolute atomic E-state index is 0.0156. The predicted molar refractivity (Wildman–Crippen MR) is 87.5 cm³/mol. The number of thiazole rings is 1. The number of anilines is 2. The van der Waals surface area contributed by atoms with Gasteiger partial charge in [-0.05, 0) is 17.7 Å². The van der Waals surface area contributed by atoms with Crippen LogP contribution >= 0.6 is 11.3 Å². The molecule has 1 amide bonds. The molecule has 3 rings (SSSR count). The fraction of sp³-hybridized carbons (Fsp3) is 0.250. The molecule has 112 valence electrons. The molecule has 2 N–H and O–H groups in total. The Kier molecular flexibility index (Phi) is 3.98. The van der Waals surface area contributed by atoms with E-state index in [9.17, 15) is 4.79 Å². The largest absolute Gasteiger partial charge is 0.481 e. The van der Waals surface area contributed by atoms with Crippen molar-refractivity contribution in [1.82, 2.24) is 4.98 Å². The molecule has 5 nitrogen and oxygen atoms in total. The van der Waals surface area contributed by atoms with E-state index in [1.807, 2.05) is 31.3 Å². The van der Waals surface area contributed by atoms with Crippen molar-refractivity contribution in [2.45, 2.75) is 12.3 Å². The number of aromatic nitrogens is 1. The summed E-state index contributed by atoms with van der Waals surface area (Å²) in [5.74, 6) is 3.82. The van der Waals surface area contributed by atoms with Crippen LogP contribution < -0.4 is 15.4 Å². The Hall–Kier alpha value is -2.52. The van der Waals surface area contributed by atoms with Gasteiger partial charge in [0, 0.05) is 19.4 Å². The van der Waals surface area contributed by atoms with Crippen molar-refractivity contribution in [3.8, 4) is 18.1 Å². The highest BCUT2D eigenvalue weighted by Gasteiger charge is 2.30. The van der Waals surface area contributed by atoms with Crippen LogP contribution in [0, 0.1) is 12.3 Å². The summed E-state index contributed by atoms with van der Waals surface area (Å²) < 4.78 is 5.37. The quantitative estimate of drug-likeness (QED) is 0.852. The molecule has 1 atom stereocenters. The molecule has 1 aromatic heterocycles. The van der Waals surface area contributed by atoms with Gasteiger partial charge in [0.05, 0.1) is 4.88 Å². The SMILES string of the molecule is C#CCOc1ccc([C@H]2CC(=O)Nc3nc(NC)sc32)cc1. The van der Waals surface area contributed by atoms with Crippen LogP contribution in [0.25, 0.3) is 0 Å². The Balaban J connectivity index is 1.90.